The molecule has 0 amide bonds. The van der Waals surface area contributed by atoms with E-state index < -0.39 is 0 Å². The molecule has 0 radical (unpaired) electrons. The van der Waals surface area contributed by atoms with Crippen molar-refractivity contribution >= 4 is 16.7 Å². The summed E-state index contributed by atoms with van der Waals surface area (Å²) in [5.41, 5.74) is 7.45. The number of nitrogens with two attached hydrogens (primary N) is 1. The number of ether oxygens (including phenoxy) is 1. The molecule has 0 aliphatic carbocycles. The first-order chi connectivity index (χ1) is 11.3. The highest BCUT2D eigenvalue weighted by atomic mass is 16.5. The molecule has 0 spiro atoms. The van der Waals surface area contributed by atoms with Crippen LogP contribution in [0.15, 0.2) is 52.9 Å². The first-order valence-corrected chi connectivity index (χ1v) is 7.04. The quantitative estimate of drug-likeness (QED) is 0.601. The summed E-state index contributed by atoms with van der Waals surface area (Å²) < 4.78 is 11.2. The van der Waals surface area contributed by atoms with Crippen LogP contribution in [0.5, 0.6) is 5.75 Å². The molecule has 2 heterocycles. The van der Waals surface area contributed by atoms with Crippen molar-refractivity contribution in [2.45, 2.75) is 6.61 Å². The van der Waals surface area contributed by atoms with Crippen molar-refractivity contribution in [2.75, 3.05) is 5.73 Å². The lowest BCUT2D eigenvalue weighted by atomic mass is 10.1. The Kier molecular flexibility index (Phi) is 3.16. The monoisotopic (exact) mass is 307 g/mol. The molecule has 7 nitrogen and oxygen atoms in total. The molecular formula is C16H13N5O2. The average molecular weight is 307 g/mol. The number of nitrogen functional groups attached to an aromatic ring is 1. The molecule has 0 bridgehead atoms. The Hall–Kier alpha value is -3.35. The summed E-state index contributed by atoms with van der Waals surface area (Å²) in [6.07, 6.45) is 0. The Morgan fingerprint density at radius 2 is 1.96 bits per heavy atom. The van der Waals surface area contributed by atoms with Gasteiger partial charge in [0.25, 0.3) is 5.89 Å². The van der Waals surface area contributed by atoms with Gasteiger partial charge in [-0.05, 0) is 30.3 Å². The van der Waals surface area contributed by atoms with Gasteiger partial charge in [0.15, 0.2) is 12.4 Å². The highest BCUT2D eigenvalue weighted by Gasteiger charge is 2.11. The van der Waals surface area contributed by atoms with Crippen molar-refractivity contribution in [3.8, 4) is 17.2 Å². The number of aromatic amines is 1. The fraction of sp³-hybridized carbons (Fsp3) is 0.0625. The topological polar surface area (TPSA) is 103 Å². The lowest BCUT2D eigenvalue weighted by Crippen LogP contribution is -1.95. The molecule has 2 aromatic heterocycles. The molecule has 4 rings (SSSR count). The van der Waals surface area contributed by atoms with Crippen molar-refractivity contribution in [2.24, 2.45) is 0 Å². The highest BCUT2D eigenvalue weighted by Crippen LogP contribution is 2.25. The zero-order valence-electron chi connectivity index (χ0n) is 12.1. The molecular weight excluding hydrogens is 294 g/mol. The van der Waals surface area contributed by atoms with Crippen LogP contribution in [0, 0.1) is 0 Å². The van der Waals surface area contributed by atoms with E-state index in [9.17, 15) is 0 Å². The fourth-order valence-electron chi connectivity index (χ4n) is 2.26. The number of hydrogen-bond donors (Lipinski definition) is 2. The first kappa shape index (κ1) is 13.3. The number of rotatable bonds is 4. The number of nitrogens with zero attached hydrogens (tertiary/aromatic N) is 3. The van der Waals surface area contributed by atoms with Crippen LogP contribution in [0.4, 0.5) is 5.82 Å². The van der Waals surface area contributed by atoms with Crippen molar-refractivity contribution in [1.29, 1.82) is 0 Å². The largest absolute Gasteiger partial charge is 0.484 e. The second-order valence-corrected chi connectivity index (χ2v) is 4.97. The maximum Gasteiger partial charge on any atom is 0.254 e. The van der Waals surface area contributed by atoms with E-state index in [4.69, 9.17) is 14.9 Å². The number of hydrogen-bond acceptors (Lipinski definition) is 6. The molecule has 0 aliphatic rings. The molecule has 114 valence electrons. The van der Waals surface area contributed by atoms with Gasteiger partial charge in [0.2, 0.25) is 5.89 Å². The maximum atomic E-state index is 5.81. The zero-order valence-corrected chi connectivity index (χ0v) is 12.1. The van der Waals surface area contributed by atoms with Gasteiger partial charge in [-0.1, -0.05) is 18.2 Å². The summed E-state index contributed by atoms with van der Waals surface area (Å²) in [7, 11) is 0. The molecule has 4 aromatic rings. The van der Waals surface area contributed by atoms with Crippen LogP contribution in [0.1, 0.15) is 5.89 Å². The Morgan fingerprint density at radius 1 is 1.09 bits per heavy atom. The molecule has 2 aromatic carbocycles. The number of fused-ring (bicyclic) bond motifs is 1. The summed E-state index contributed by atoms with van der Waals surface area (Å²) in [6.45, 7) is 0.215. The van der Waals surface area contributed by atoms with Crippen LogP contribution in [0.2, 0.25) is 0 Å². The van der Waals surface area contributed by atoms with Gasteiger partial charge in [0, 0.05) is 10.9 Å². The van der Waals surface area contributed by atoms with Crippen LogP contribution in [0.3, 0.4) is 0 Å². The fourth-order valence-corrected chi connectivity index (χ4v) is 2.26. The number of nitrogens with one attached hydrogen (secondary N) is 1. The summed E-state index contributed by atoms with van der Waals surface area (Å²) in [5, 5.41) is 15.7. The first-order valence-electron chi connectivity index (χ1n) is 7.04. The Balaban J connectivity index is 1.55. The van der Waals surface area contributed by atoms with Gasteiger partial charge in [-0.25, -0.2) is 0 Å². The molecule has 0 aliphatic heterocycles. The van der Waals surface area contributed by atoms with E-state index in [1.807, 2.05) is 48.5 Å². The van der Waals surface area contributed by atoms with Crippen molar-refractivity contribution < 1.29 is 9.15 Å². The minimum atomic E-state index is 0.215. The summed E-state index contributed by atoms with van der Waals surface area (Å²) in [4.78, 5) is 0. The molecule has 23 heavy (non-hydrogen) atoms. The number of anilines is 1. The van der Waals surface area contributed by atoms with Crippen LogP contribution in [0.25, 0.3) is 22.4 Å². The summed E-state index contributed by atoms with van der Waals surface area (Å²) in [5.74, 6) is 2.01. The smallest absolute Gasteiger partial charge is 0.254 e. The van der Waals surface area contributed by atoms with E-state index in [2.05, 4.69) is 20.4 Å². The van der Waals surface area contributed by atoms with Crippen molar-refractivity contribution in [1.82, 2.24) is 20.4 Å². The van der Waals surface area contributed by atoms with E-state index >= 15 is 0 Å². The molecule has 0 atom stereocenters. The molecule has 0 fully saturated rings. The Labute approximate surface area is 131 Å². The van der Waals surface area contributed by atoms with E-state index in [1.54, 1.807) is 0 Å². The number of benzene rings is 2. The predicted molar refractivity (Wildman–Crippen MR) is 84.6 cm³/mol. The average Bonchev–Trinajstić information content (AvgIpc) is 3.21. The van der Waals surface area contributed by atoms with Crippen LogP contribution < -0.4 is 10.5 Å². The van der Waals surface area contributed by atoms with Crippen LogP contribution >= 0.6 is 0 Å². The molecule has 7 heteroatoms. The van der Waals surface area contributed by atoms with Gasteiger partial charge in [0.1, 0.15) is 5.75 Å². The third-order valence-corrected chi connectivity index (χ3v) is 3.41. The van der Waals surface area contributed by atoms with Gasteiger partial charge in [-0.3, -0.25) is 5.10 Å². The minimum absolute atomic E-state index is 0.215. The van der Waals surface area contributed by atoms with Gasteiger partial charge in [-0.15, -0.1) is 10.2 Å². The summed E-state index contributed by atoms with van der Waals surface area (Å²) >= 11 is 0. The van der Waals surface area contributed by atoms with Crippen molar-refractivity contribution in [3.63, 3.8) is 0 Å². The van der Waals surface area contributed by atoms with Crippen molar-refractivity contribution in [3.05, 3.63) is 54.4 Å². The Bertz CT molecular complexity index is 945. The van der Waals surface area contributed by atoms with Gasteiger partial charge < -0.3 is 14.9 Å². The van der Waals surface area contributed by atoms with E-state index in [0.717, 1.165) is 22.2 Å². The molecule has 0 saturated carbocycles. The maximum absolute atomic E-state index is 5.81. The van der Waals surface area contributed by atoms with Crippen LogP contribution in [-0.2, 0) is 6.61 Å². The molecule has 0 unspecified atom stereocenters. The zero-order chi connectivity index (χ0) is 15.6. The third-order valence-electron chi connectivity index (χ3n) is 3.41. The second kappa shape index (κ2) is 5.45. The standard InChI is InChI=1S/C16H13N5O2/c17-15-12-8-10(6-7-13(12)18-20-15)16-21-19-14(23-16)9-22-11-4-2-1-3-5-11/h1-8H,9H2,(H3,17,18,20). The van der Waals surface area contributed by atoms with Gasteiger partial charge in [-0.2, -0.15) is 5.10 Å². The van der Waals surface area contributed by atoms with Crippen LogP contribution in [-0.4, -0.2) is 20.4 Å². The molecule has 3 N–H and O–H groups in total. The Morgan fingerprint density at radius 3 is 2.83 bits per heavy atom. The molecule has 0 saturated heterocycles. The van der Waals surface area contributed by atoms with E-state index in [0.29, 0.717) is 17.6 Å². The number of H-pyrrole nitrogens is 1. The highest BCUT2D eigenvalue weighted by molar-refractivity contribution is 5.91. The minimum Gasteiger partial charge on any atom is -0.484 e. The predicted octanol–water partition coefficient (Wildman–Crippen LogP) is 2.77. The van der Waals surface area contributed by atoms with E-state index in [1.165, 1.54) is 0 Å². The normalized spacial score (nSPS) is 11.0. The second-order valence-electron chi connectivity index (χ2n) is 4.97. The lowest BCUT2D eigenvalue weighted by molar-refractivity contribution is 0.264. The number of aromatic nitrogens is 4. The number of para-hydroxylation sites is 1. The van der Waals surface area contributed by atoms with Gasteiger partial charge >= 0.3 is 0 Å². The third kappa shape index (κ3) is 2.59. The van der Waals surface area contributed by atoms with Gasteiger partial charge in [0.05, 0.1) is 5.52 Å². The van der Waals surface area contributed by atoms with E-state index in [-0.39, 0.29) is 6.61 Å². The SMILES string of the molecule is Nc1n[nH]c2ccc(-c3nnc(COc4ccccc4)o3)cc12. The lowest BCUT2D eigenvalue weighted by Gasteiger charge is -2.01. The summed E-state index contributed by atoms with van der Waals surface area (Å²) in [6, 6.07) is 15.1.